The molecule has 1 aliphatic rings. The van der Waals surface area contributed by atoms with Crippen LogP contribution in [0.5, 0.6) is 0 Å². The lowest BCUT2D eigenvalue weighted by Gasteiger charge is -2.31. The summed E-state index contributed by atoms with van der Waals surface area (Å²) in [7, 11) is 0. The first-order valence-corrected chi connectivity index (χ1v) is 5.85. The maximum Gasteiger partial charge on any atom is 0.116 e. The first-order chi connectivity index (χ1) is 8.36. The summed E-state index contributed by atoms with van der Waals surface area (Å²) in [5, 5.41) is 0. The van der Waals surface area contributed by atoms with E-state index in [1.54, 1.807) is 0 Å². The van der Waals surface area contributed by atoms with Crippen molar-refractivity contribution in [3.8, 4) is 0 Å². The Morgan fingerprint density at radius 1 is 1.24 bits per heavy atom. The molecule has 1 aromatic carbocycles. The number of anilines is 1. The Kier molecular flexibility index (Phi) is 2.44. The first kappa shape index (κ1) is 10.1. The van der Waals surface area contributed by atoms with E-state index in [-0.39, 0.29) is 0 Å². The molecule has 0 saturated carbocycles. The van der Waals surface area contributed by atoms with E-state index >= 15 is 0 Å². The van der Waals surface area contributed by atoms with E-state index in [0.29, 0.717) is 12.7 Å². The Morgan fingerprint density at radius 3 is 2.88 bits per heavy atom. The second kappa shape index (κ2) is 4.09. The number of H-pyrrole nitrogens is 1. The zero-order valence-electron chi connectivity index (χ0n) is 9.80. The molecule has 3 nitrogen and oxygen atoms in total. The van der Waals surface area contributed by atoms with E-state index in [0.717, 1.165) is 5.82 Å². The van der Waals surface area contributed by atoms with Gasteiger partial charge in [0.1, 0.15) is 12.5 Å². The molecule has 0 saturated heterocycles. The monoisotopic (exact) mass is 225 g/mol. The van der Waals surface area contributed by atoms with Crippen molar-refractivity contribution in [1.82, 2.24) is 4.98 Å². The molecule has 0 amide bonds. The number of aromatic nitrogens is 1. The average molecular weight is 225 g/mol. The van der Waals surface area contributed by atoms with Crippen molar-refractivity contribution in [3.63, 3.8) is 0 Å². The standard InChI is InChI=1S/C14H15N3/c1-11(12-5-3-2-4-6-12)17-10-15-9-13-7-8-16-14(13)17/h2-9,11,16H,10H2,1H3/t11-/m1/s1. The molecular weight excluding hydrogens is 210 g/mol. The number of aliphatic imine (C=N–C) groups is 1. The van der Waals surface area contributed by atoms with Gasteiger partial charge < -0.3 is 9.88 Å². The predicted molar refractivity (Wildman–Crippen MR) is 70.6 cm³/mol. The number of benzene rings is 1. The van der Waals surface area contributed by atoms with Crippen molar-refractivity contribution in [2.24, 2.45) is 4.99 Å². The summed E-state index contributed by atoms with van der Waals surface area (Å²) >= 11 is 0. The summed E-state index contributed by atoms with van der Waals surface area (Å²) in [4.78, 5) is 9.98. The van der Waals surface area contributed by atoms with Gasteiger partial charge in [0.2, 0.25) is 0 Å². The normalized spacial score (nSPS) is 15.7. The number of aromatic amines is 1. The van der Waals surface area contributed by atoms with Gasteiger partial charge in [0.05, 0.1) is 6.04 Å². The lowest BCUT2D eigenvalue weighted by atomic mass is 10.1. The Labute approximate surface area is 101 Å². The van der Waals surface area contributed by atoms with Crippen LogP contribution in [0.1, 0.15) is 24.1 Å². The SMILES string of the molecule is C[C@H](c1ccccc1)N1CN=Cc2cc[nH]c21. The smallest absolute Gasteiger partial charge is 0.116 e. The lowest BCUT2D eigenvalue weighted by Crippen LogP contribution is -2.30. The summed E-state index contributed by atoms with van der Waals surface area (Å²) < 4.78 is 0. The highest BCUT2D eigenvalue weighted by Gasteiger charge is 2.21. The molecule has 0 bridgehead atoms. The van der Waals surface area contributed by atoms with Crippen molar-refractivity contribution in [1.29, 1.82) is 0 Å². The minimum absolute atomic E-state index is 0.325. The topological polar surface area (TPSA) is 31.4 Å². The number of fused-ring (bicyclic) bond motifs is 1. The zero-order valence-corrected chi connectivity index (χ0v) is 9.80. The van der Waals surface area contributed by atoms with Crippen LogP contribution in [0.4, 0.5) is 5.82 Å². The molecule has 0 aliphatic carbocycles. The number of hydrogen-bond acceptors (Lipinski definition) is 2. The Bertz CT molecular complexity index is 527. The van der Waals surface area contributed by atoms with Crippen LogP contribution in [0, 0.1) is 0 Å². The van der Waals surface area contributed by atoms with E-state index in [2.05, 4.69) is 52.1 Å². The van der Waals surface area contributed by atoms with E-state index < -0.39 is 0 Å². The van der Waals surface area contributed by atoms with Gasteiger partial charge >= 0.3 is 0 Å². The second-order valence-electron chi connectivity index (χ2n) is 4.29. The van der Waals surface area contributed by atoms with E-state index in [1.165, 1.54) is 11.1 Å². The van der Waals surface area contributed by atoms with Crippen LogP contribution in [0.15, 0.2) is 47.6 Å². The third-order valence-corrected chi connectivity index (χ3v) is 3.26. The van der Waals surface area contributed by atoms with Crippen molar-refractivity contribution in [3.05, 3.63) is 53.7 Å². The van der Waals surface area contributed by atoms with E-state index in [9.17, 15) is 0 Å². The fourth-order valence-electron chi connectivity index (χ4n) is 2.25. The van der Waals surface area contributed by atoms with Crippen molar-refractivity contribution >= 4 is 12.0 Å². The van der Waals surface area contributed by atoms with Gasteiger partial charge in [0, 0.05) is 18.0 Å². The van der Waals surface area contributed by atoms with Gasteiger partial charge in [0.25, 0.3) is 0 Å². The third-order valence-electron chi connectivity index (χ3n) is 3.26. The molecule has 0 spiro atoms. The van der Waals surface area contributed by atoms with Gasteiger partial charge in [-0.1, -0.05) is 30.3 Å². The summed E-state index contributed by atoms with van der Waals surface area (Å²) in [6.07, 6.45) is 3.90. The fourth-order valence-corrected chi connectivity index (χ4v) is 2.25. The lowest BCUT2D eigenvalue weighted by molar-refractivity contribution is 0.669. The molecule has 3 heteroatoms. The molecule has 17 heavy (non-hydrogen) atoms. The van der Waals surface area contributed by atoms with Crippen LogP contribution in [-0.4, -0.2) is 17.9 Å². The fraction of sp³-hybridized carbons (Fsp3) is 0.214. The molecule has 2 aromatic rings. The molecular formula is C14H15N3. The van der Waals surface area contributed by atoms with E-state index in [4.69, 9.17) is 0 Å². The molecule has 1 aliphatic heterocycles. The molecule has 0 unspecified atom stereocenters. The van der Waals surface area contributed by atoms with Crippen LogP contribution >= 0.6 is 0 Å². The zero-order chi connectivity index (χ0) is 11.7. The number of rotatable bonds is 2. The number of nitrogens with zero attached hydrogens (tertiary/aromatic N) is 2. The van der Waals surface area contributed by atoms with Crippen molar-refractivity contribution in [2.75, 3.05) is 11.6 Å². The maximum atomic E-state index is 4.40. The quantitative estimate of drug-likeness (QED) is 0.837. The van der Waals surface area contributed by atoms with Gasteiger partial charge in [-0.15, -0.1) is 0 Å². The van der Waals surface area contributed by atoms with Crippen LogP contribution in [0.3, 0.4) is 0 Å². The molecule has 86 valence electrons. The molecule has 1 aromatic heterocycles. The van der Waals surface area contributed by atoms with Gasteiger partial charge in [-0.3, -0.25) is 4.99 Å². The van der Waals surface area contributed by atoms with Gasteiger partial charge in [-0.25, -0.2) is 0 Å². The largest absolute Gasteiger partial charge is 0.348 e. The van der Waals surface area contributed by atoms with Gasteiger partial charge in [-0.05, 0) is 18.6 Å². The summed E-state index contributed by atoms with van der Waals surface area (Å²) in [6, 6.07) is 12.9. The number of nitrogens with one attached hydrogen (secondary N) is 1. The minimum atomic E-state index is 0.325. The maximum absolute atomic E-state index is 4.40. The predicted octanol–water partition coefficient (Wildman–Crippen LogP) is 2.97. The van der Waals surface area contributed by atoms with Crippen LogP contribution in [0.25, 0.3) is 0 Å². The minimum Gasteiger partial charge on any atom is -0.348 e. The molecule has 0 fully saturated rings. The van der Waals surface area contributed by atoms with Crippen molar-refractivity contribution in [2.45, 2.75) is 13.0 Å². The van der Waals surface area contributed by atoms with Gasteiger partial charge in [-0.2, -0.15) is 0 Å². The highest BCUT2D eigenvalue weighted by molar-refractivity contribution is 5.88. The van der Waals surface area contributed by atoms with E-state index in [1.807, 2.05) is 18.5 Å². The third kappa shape index (κ3) is 1.73. The summed E-state index contributed by atoms with van der Waals surface area (Å²) in [5.74, 6) is 1.16. The van der Waals surface area contributed by atoms with Crippen LogP contribution in [-0.2, 0) is 0 Å². The molecule has 0 radical (unpaired) electrons. The van der Waals surface area contributed by atoms with Crippen molar-refractivity contribution < 1.29 is 0 Å². The first-order valence-electron chi connectivity index (χ1n) is 5.85. The van der Waals surface area contributed by atoms with Gasteiger partial charge in [0.15, 0.2) is 0 Å². The Balaban J connectivity index is 1.94. The highest BCUT2D eigenvalue weighted by Crippen LogP contribution is 2.29. The highest BCUT2D eigenvalue weighted by atomic mass is 15.3. The molecule has 2 heterocycles. The molecule has 1 atom stereocenters. The molecule has 3 rings (SSSR count). The number of hydrogen-bond donors (Lipinski definition) is 1. The molecule has 1 N–H and O–H groups in total. The summed E-state index contributed by atoms with van der Waals surface area (Å²) in [6.45, 7) is 2.92. The summed E-state index contributed by atoms with van der Waals surface area (Å²) in [5.41, 5.74) is 2.48. The second-order valence-corrected chi connectivity index (χ2v) is 4.29. The van der Waals surface area contributed by atoms with Crippen LogP contribution in [0.2, 0.25) is 0 Å². The Hall–Kier alpha value is -2.03. The average Bonchev–Trinajstić information content (AvgIpc) is 2.87. The Morgan fingerprint density at radius 2 is 2.06 bits per heavy atom. The van der Waals surface area contributed by atoms with Crippen LogP contribution < -0.4 is 4.90 Å².